The second kappa shape index (κ2) is 8.67. The Morgan fingerprint density at radius 2 is 1.96 bits per heavy atom. The molecule has 0 saturated heterocycles. The molecule has 0 saturated carbocycles. The van der Waals surface area contributed by atoms with E-state index in [0.717, 1.165) is 5.56 Å². The van der Waals surface area contributed by atoms with Gasteiger partial charge in [-0.3, -0.25) is 4.79 Å². The Bertz CT molecular complexity index is 715. The number of halogens is 1. The molecule has 0 heterocycles. The average molecular weight is 330 g/mol. The van der Waals surface area contributed by atoms with Crippen molar-refractivity contribution >= 4 is 12.1 Å². The zero-order valence-corrected chi connectivity index (χ0v) is 13.6. The molecule has 1 N–H and O–H groups in total. The van der Waals surface area contributed by atoms with Crippen molar-refractivity contribution in [2.24, 2.45) is 5.10 Å². The standard InChI is InChI=1S/C18H19FN2O3/c1-3-24-16-9-6-14(10-17(16)23-2)12-20-21-18(22)11-13-4-7-15(19)8-5-13/h4-10,12H,3,11H2,1-2H3,(H,21,22)/b20-12+. The number of ether oxygens (including phenoxy) is 2. The van der Waals surface area contributed by atoms with Gasteiger partial charge in [-0.05, 0) is 48.4 Å². The van der Waals surface area contributed by atoms with Crippen LogP contribution in [0.1, 0.15) is 18.1 Å². The lowest BCUT2D eigenvalue weighted by molar-refractivity contribution is -0.120. The zero-order chi connectivity index (χ0) is 17.4. The van der Waals surface area contributed by atoms with E-state index in [1.165, 1.54) is 18.3 Å². The Labute approximate surface area is 140 Å². The first-order valence-electron chi connectivity index (χ1n) is 7.49. The fraction of sp³-hybridized carbons (Fsp3) is 0.222. The number of hydrogen-bond donors (Lipinski definition) is 1. The molecule has 0 fully saturated rings. The summed E-state index contributed by atoms with van der Waals surface area (Å²) >= 11 is 0. The molecule has 0 spiro atoms. The molecule has 0 unspecified atom stereocenters. The first-order chi connectivity index (χ1) is 11.6. The molecule has 0 atom stereocenters. The lowest BCUT2D eigenvalue weighted by atomic mass is 10.1. The summed E-state index contributed by atoms with van der Waals surface area (Å²) in [5.74, 6) is 0.633. The van der Waals surface area contributed by atoms with Crippen molar-refractivity contribution in [3.63, 3.8) is 0 Å². The molecule has 0 bridgehead atoms. The zero-order valence-electron chi connectivity index (χ0n) is 13.6. The number of rotatable bonds is 7. The number of benzene rings is 2. The van der Waals surface area contributed by atoms with E-state index in [2.05, 4.69) is 10.5 Å². The predicted molar refractivity (Wildman–Crippen MR) is 90.0 cm³/mol. The summed E-state index contributed by atoms with van der Waals surface area (Å²) in [4.78, 5) is 11.8. The minimum absolute atomic E-state index is 0.129. The van der Waals surface area contributed by atoms with Crippen LogP contribution in [0.4, 0.5) is 4.39 Å². The number of nitrogens with one attached hydrogen (secondary N) is 1. The van der Waals surface area contributed by atoms with Crippen molar-refractivity contribution in [2.45, 2.75) is 13.3 Å². The van der Waals surface area contributed by atoms with Crippen LogP contribution in [0.15, 0.2) is 47.6 Å². The third-order valence-electron chi connectivity index (χ3n) is 3.17. The fourth-order valence-electron chi connectivity index (χ4n) is 2.05. The number of nitrogens with zero attached hydrogens (tertiary/aromatic N) is 1. The summed E-state index contributed by atoms with van der Waals surface area (Å²) in [7, 11) is 1.56. The average Bonchev–Trinajstić information content (AvgIpc) is 2.58. The van der Waals surface area contributed by atoms with Crippen LogP contribution in [0, 0.1) is 5.82 Å². The minimum atomic E-state index is -0.332. The topological polar surface area (TPSA) is 59.9 Å². The minimum Gasteiger partial charge on any atom is -0.493 e. The van der Waals surface area contributed by atoms with Gasteiger partial charge in [-0.2, -0.15) is 5.10 Å². The van der Waals surface area contributed by atoms with Gasteiger partial charge in [0.2, 0.25) is 5.91 Å². The molecule has 6 heteroatoms. The molecule has 5 nitrogen and oxygen atoms in total. The maximum absolute atomic E-state index is 12.8. The monoisotopic (exact) mass is 330 g/mol. The molecule has 24 heavy (non-hydrogen) atoms. The van der Waals surface area contributed by atoms with Crippen LogP contribution in [0.3, 0.4) is 0 Å². The normalized spacial score (nSPS) is 10.6. The van der Waals surface area contributed by atoms with Gasteiger partial charge in [0.15, 0.2) is 11.5 Å². The molecular weight excluding hydrogens is 311 g/mol. The third-order valence-corrected chi connectivity index (χ3v) is 3.17. The first kappa shape index (κ1) is 17.5. The van der Waals surface area contributed by atoms with Crippen molar-refractivity contribution in [1.82, 2.24) is 5.43 Å². The SMILES string of the molecule is CCOc1ccc(/C=N/NC(=O)Cc2ccc(F)cc2)cc1OC. The Morgan fingerprint density at radius 1 is 1.21 bits per heavy atom. The lowest BCUT2D eigenvalue weighted by Gasteiger charge is -2.09. The first-order valence-corrected chi connectivity index (χ1v) is 7.49. The third kappa shape index (κ3) is 5.08. The lowest BCUT2D eigenvalue weighted by Crippen LogP contribution is -2.19. The van der Waals surface area contributed by atoms with Crippen LogP contribution >= 0.6 is 0 Å². The van der Waals surface area contributed by atoms with E-state index < -0.39 is 0 Å². The van der Waals surface area contributed by atoms with Gasteiger partial charge in [0.05, 0.1) is 26.4 Å². The molecule has 2 aromatic rings. The van der Waals surface area contributed by atoms with Gasteiger partial charge in [-0.15, -0.1) is 0 Å². The van der Waals surface area contributed by atoms with Crippen LogP contribution in [0.2, 0.25) is 0 Å². The Morgan fingerprint density at radius 3 is 2.62 bits per heavy atom. The van der Waals surface area contributed by atoms with Crippen molar-refractivity contribution in [3.8, 4) is 11.5 Å². The second-order valence-electron chi connectivity index (χ2n) is 4.94. The van der Waals surface area contributed by atoms with Crippen LogP contribution < -0.4 is 14.9 Å². The molecule has 0 aliphatic carbocycles. The van der Waals surface area contributed by atoms with Gasteiger partial charge in [-0.1, -0.05) is 12.1 Å². The second-order valence-corrected chi connectivity index (χ2v) is 4.94. The van der Waals surface area contributed by atoms with Gasteiger partial charge in [0.25, 0.3) is 0 Å². The van der Waals surface area contributed by atoms with Crippen LogP contribution in [-0.4, -0.2) is 25.8 Å². The molecule has 126 valence electrons. The summed E-state index contributed by atoms with van der Waals surface area (Å²) < 4.78 is 23.5. The molecule has 0 aliphatic rings. The summed E-state index contributed by atoms with van der Waals surface area (Å²) in [5, 5.41) is 3.91. The van der Waals surface area contributed by atoms with Crippen molar-refractivity contribution in [3.05, 3.63) is 59.4 Å². The van der Waals surface area contributed by atoms with E-state index in [9.17, 15) is 9.18 Å². The number of hydrogen-bond acceptors (Lipinski definition) is 4. The highest BCUT2D eigenvalue weighted by Gasteiger charge is 2.05. The number of hydrazone groups is 1. The number of amides is 1. The van der Waals surface area contributed by atoms with Crippen molar-refractivity contribution < 1.29 is 18.7 Å². The molecule has 1 amide bonds. The molecule has 0 aromatic heterocycles. The van der Waals surface area contributed by atoms with Gasteiger partial charge in [0.1, 0.15) is 5.82 Å². The summed E-state index contributed by atoms with van der Waals surface area (Å²) in [5.41, 5.74) is 3.91. The summed E-state index contributed by atoms with van der Waals surface area (Å²) in [6.07, 6.45) is 1.64. The van der Waals surface area contributed by atoms with E-state index in [1.54, 1.807) is 31.4 Å². The maximum atomic E-state index is 12.8. The molecule has 2 aromatic carbocycles. The molecule has 0 aliphatic heterocycles. The number of methoxy groups -OCH3 is 1. The smallest absolute Gasteiger partial charge is 0.244 e. The maximum Gasteiger partial charge on any atom is 0.244 e. The highest BCUT2D eigenvalue weighted by molar-refractivity contribution is 5.84. The van der Waals surface area contributed by atoms with Crippen molar-refractivity contribution in [2.75, 3.05) is 13.7 Å². The quantitative estimate of drug-likeness (QED) is 0.627. The largest absolute Gasteiger partial charge is 0.493 e. The number of carbonyl (C=O) groups excluding carboxylic acids is 1. The van der Waals surface area contributed by atoms with E-state index in [-0.39, 0.29) is 18.1 Å². The highest BCUT2D eigenvalue weighted by Crippen LogP contribution is 2.27. The fourth-order valence-corrected chi connectivity index (χ4v) is 2.05. The van der Waals surface area contributed by atoms with E-state index in [1.807, 2.05) is 13.0 Å². The van der Waals surface area contributed by atoms with Crippen LogP contribution in [-0.2, 0) is 11.2 Å². The summed E-state index contributed by atoms with van der Waals surface area (Å²) in [6.45, 7) is 2.44. The van der Waals surface area contributed by atoms with E-state index >= 15 is 0 Å². The predicted octanol–water partition coefficient (Wildman–Crippen LogP) is 2.93. The van der Waals surface area contributed by atoms with E-state index in [4.69, 9.17) is 9.47 Å². The Kier molecular flexibility index (Phi) is 6.31. The summed E-state index contributed by atoms with van der Waals surface area (Å²) in [6, 6.07) is 11.1. The van der Waals surface area contributed by atoms with Gasteiger partial charge in [0, 0.05) is 0 Å². The highest BCUT2D eigenvalue weighted by atomic mass is 19.1. The van der Waals surface area contributed by atoms with Crippen LogP contribution in [0.25, 0.3) is 0 Å². The van der Waals surface area contributed by atoms with E-state index in [0.29, 0.717) is 23.7 Å². The van der Waals surface area contributed by atoms with Crippen LogP contribution in [0.5, 0.6) is 11.5 Å². The number of carbonyl (C=O) groups is 1. The molecule has 2 rings (SSSR count). The Balaban J connectivity index is 1.93. The molecular formula is C18H19FN2O3. The van der Waals surface area contributed by atoms with Gasteiger partial charge in [-0.25, -0.2) is 9.82 Å². The van der Waals surface area contributed by atoms with Gasteiger partial charge >= 0.3 is 0 Å². The van der Waals surface area contributed by atoms with Gasteiger partial charge < -0.3 is 9.47 Å². The van der Waals surface area contributed by atoms with Crippen molar-refractivity contribution in [1.29, 1.82) is 0 Å². The molecule has 0 radical (unpaired) electrons. The Hall–Kier alpha value is -2.89.